The van der Waals surface area contributed by atoms with E-state index in [4.69, 9.17) is 0 Å². The Morgan fingerprint density at radius 2 is 1.51 bits per heavy atom. The molecule has 39 heavy (non-hydrogen) atoms. The normalized spacial score (nSPS) is 15.5. The molecule has 0 amide bonds. The molecule has 0 unspecified atom stereocenters. The topological polar surface area (TPSA) is 105 Å². The van der Waals surface area contributed by atoms with Crippen LogP contribution in [-0.2, 0) is 16.0 Å². The van der Waals surface area contributed by atoms with Crippen LogP contribution in [0.4, 0.5) is 24.5 Å². The fourth-order valence-corrected chi connectivity index (χ4v) is 4.94. The van der Waals surface area contributed by atoms with Crippen LogP contribution in [0.2, 0.25) is 0 Å². The monoisotopic (exact) mass is 538 g/mol. The SMILES string of the molecule is O=C=C1CCCCN1c1ccc(N2CCc3c(C(=O)O)nn(-c4ccc(OC(F)(F)F)cc4)c3C2=C=O)cc1. The highest BCUT2D eigenvalue weighted by molar-refractivity contribution is 5.99. The van der Waals surface area contributed by atoms with Gasteiger partial charge >= 0.3 is 12.3 Å². The minimum absolute atomic E-state index is 0.0334. The molecule has 2 aromatic carbocycles. The first-order valence-corrected chi connectivity index (χ1v) is 12.1. The number of benzene rings is 2. The number of allylic oxidation sites excluding steroid dienone is 1. The zero-order chi connectivity index (χ0) is 27.7. The van der Waals surface area contributed by atoms with E-state index in [0.29, 0.717) is 29.9 Å². The first-order valence-electron chi connectivity index (χ1n) is 12.1. The Morgan fingerprint density at radius 1 is 0.872 bits per heavy atom. The molecule has 1 aromatic heterocycles. The first kappa shape index (κ1) is 25.8. The van der Waals surface area contributed by atoms with E-state index in [9.17, 15) is 32.7 Å². The minimum Gasteiger partial charge on any atom is -0.476 e. The molecule has 9 nitrogen and oxygen atoms in total. The van der Waals surface area contributed by atoms with Gasteiger partial charge in [0.15, 0.2) is 17.3 Å². The van der Waals surface area contributed by atoms with Crippen LogP contribution in [0.1, 0.15) is 41.0 Å². The van der Waals surface area contributed by atoms with Gasteiger partial charge < -0.3 is 19.6 Å². The lowest BCUT2D eigenvalue weighted by Crippen LogP contribution is -2.31. The first-order chi connectivity index (χ1) is 18.7. The maximum Gasteiger partial charge on any atom is 0.573 e. The van der Waals surface area contributed by atoms with E-state index in [0.717, 1.165) is 30.7 Å². The summed E-state index contributed by atoms with van der Waals surface area (Å²) in [5, 5.41) is 13.9. The second-order valence-corrected chi connectivity index (χ2v) is 8.96. The summed E-state index contributed by atoms with van der Waals surface area (Å²) in [5.41, 5.74) is 2.54. The van der Waals surface area contributed by atoms with Crippen LogP contribution in [-0.4, -0.2) is 52.2 Å². The van der Waals surface area contributed by atoms with Gasteiger partial charge in [0.2, 0.25) is 0 Å². The Hall–Kier alpha value is -4.79. The fourth-order valence-electron chi connectivity index (χ4n) is 4.94. The summed E-state index contributed by atoms with van der Waals surface area (Å²) in [6.45, 7) is 0.963. The van der Waals surface area contributed by atoms with Crippen LogP contribution < -0.4 is 14.5 Å². The third-order valence-electron chi connectivity index (χ3n) is 6.64. The van der Waals surface area contributed by atoms with E-state index >= 15 is 0 Å². The minimum atomic E-state index is -4.87. The smallest absolute Gasteiger partial charge is 0.476 e. The van der Waals surface area contributed by atoms with Gasteiger partial charge in [-0.25, -0.2) is 19.1 Å². The van der Waals surface area contributed by atoms with Gasteiger partial charge in [-0.2, -0.15) is 5.10 Å². The summed E-state index contributed by atoms with van der Waals surface area (Å²) in [4.78, 5) is 39.2. The zero-order valence-corrected chi connectivity index (χ0v) is 20.4. The molecule has 0 spiro atoms. The van der Waals surface area contributed by atoms with E-state index in [1.165, 1.54) is 16.8 Å². The Bertz CT molecular complexity index is 1520. The molecule has 0 bridgehead atoms. The van der Waals surface area contributed by atoms with Gasteiger partial charge in [0.05, 0.1) is 5.69 Å². The quantitative estimate of drug-likeness (QED) is 0.477. The van der Waals surface area contributed by atoms with Crippen LogP contribution in [0, 0.1) is 0 Å². The summed E-state index contributed by atoms with van der Waals surface area (Å²) in [7, 11) is 0. The number of anilines is 2. The average Bonchev–Trinajstić information content (AvgIpc) is 3.32. The second kappa shape index (κ2) is 10.2. The van der Waals surface area contributed by atoms with Crippen molar-refractivity contribution in [1.29, 1.82) is 0 Å². The van der Waals surface area contributed by atoms with E-state index in [-0.39, 0.29) is 35.7 Å². The van der Waals surface area contributed by atoms with Gasteiger partial charge in [0.1, 0.15) is 23.1 Å². The molecule has 2 aliphatic rings. The molecule has 0 aliphatic carbocycles. The number of carbonyl (C=O) groups excluding carboxylic acids is 2. The molecule has 0 saturated carbocycles. The highest BCUT2D eigenvalue weighted by Crippen LogP contribution is 2.36. The summed E-state index contributed by atoms with van der Waals surface area (Å²) in [6, 6.07) is 11.9. The molecule has 0 radical (unpaired) electrons. The number of ether oxygens (including phenoxy) is 1. The lowest BCUT2D eigenvalue weighted by Gasteiger charge is -2.32. The molecule has 3 aromatic rings. The van der Waals surface area contributed by atoms with Gasteiger partial charge in [-0.05, 0) is 74.2 Å². The Kier molecular flexibility index (Phi) is 6.74. The highest BCUT2D eigenvalue weighted by atomic mass is 19.4. The standard InChI is InChI=1S/C27H21F3N4O5/c28-27(29,30)39-21-10-8-19(9-11-21)34-25-22(24(31-34)26(37)38)12-14-33(23(25)16-36)18-6-4-17(5-7-18)32-13-2-1-3-20(32)15-35/h4-11H,1-3,12-14H2,(H,37,38). The number of aromatic carboxylic acids is 1. The maximum atomic E-state index is 12.6. The molecular weight excluding hydrogens is 517 g/mol. The van der Waals surface area contributed by atoms with Gasteiger partial charge in [-0.3, -0.25) is 0 Å². The van der Waals surface area contributed by atoms with Gasteiger partial charge in [-0.1, -0.05) is 0 Å². The second-order valence-electron chi connectivity index (χ2n) is 8.96. The van der Waals surface area contributed by atoms with E-state index in [1.54, 1.807) is 17.0 Å². The van der Waals surface area contributed by atoms with Crippen LogP contribution in [0.3, 0.4) is 0 Å². The predicted molar refractivity (Wildman–Crippen MR) is 134 cm³/mol. The Labute approximate surface area is 220 Å². The molecule has 2 aliphatic heterocycles. The number of halogens is 3. The van der Waals surface area contributed by atoms with Gasteiger partial charge in [0.25, 0.3) is 0 Å². The van der Waals surface area contributed by atoms with Crippen molar-refractivity contribution in [2.45, 2.75) is 32.0 Å². The third kappa shape index (κ3) is 5.03. The van der Waals surface area contributed by atoms with Crippen LogP contribution >= 0.6 is 0 Å². The number of carboxylic acids is 1. The summed E-state index contributed by atoms with van der Waals surface area (Å²) in [6.07, 6.45) is -2.11. The number of hydrogen-bond donors (Lipinski definition) is 1. The predicted octanol–water partition coefficient (Wildman–Crippen LogP) is 4.41. The third-order valence-corrected chi connectivity index (χ3v) is 6.64. The van der Waals surface area contributed by atoms with Crippen molar-refractivity contribution in [3.63, 3.8) is 0 Å². The number of rotatable bonds is 5. The average molecular weight is 538 g/mol. The van der Waals surface area contributed by atoms with Crippen molar-refractivity contribution in [2.24, 2.45) is 0 Å². The number of hydrogen-bond acceptors (Lipinski definition) is 7. The largest absolute Gasteiger partial charge is 0.573 e. The molecule has 12 heteroatoms. The lowest BCUT2D eigenvalue weighted by atomic mass is 10.0. The zero-order valence-electron chi connectivity index (χ0n) is 20.4. The lowest BCUT2D eigenvalue weighted by molar-refractivity contribution is -0.274. The summed E-state index contributed by atoms with van der Waals surface area (Å²) >= 11 is 0. The van der Waals surface area contributed by atoms with E-state index in [1.807, 2.05) is 28.9 Å². The molecule has 1 fully saturated rings. The molecular formula is C27H21F3N4O5. The number of carbonyl (C=O) groups is 1. The maximum absolute atomic E-state index is 12.6. The number of alkyl halides is 3. The summed E-state index contributed by atoms with van der Waals surface area (Å²) < 4.78 is 42.8. The van der Waals surface area contributed by atoms with Crippen molar-refractivity contribution >= 4 is 34.9 Å². The van der Waals surface area contributed by atoms with Crippen molar-refractivity contribution in [2.75, 3.05) is 22.9 Å². The fraction of sp³-hybridized carbons (Fsp3) is 0.259. The molecule has 200 valence electrons. The number of fused-ring (bicyclic) bond motifs is 1. The number of piperidine rings is 1. The molecule has 1 saturated heterocycles. The Balaban J connectivity index is 1.51. The molecule has 3 heterocycles. The molecule has 5 rings (SSSR count). The van der Waals surface area contributed by atoms with E-state index < -0.39 is 18.1 Å². The molecule has 0 atom stereocenters. The summed E-state index contributed by atoms with van der Waals surface area (Å²) in [5.74, 6) is 2.16. The van der Waals surface area contributed by atoms with Crippen molar-refractivity contribution < 1.29 is 37.4 Å². The van der Waals surface area contributed by atoms with Crippen molar-refractivity contribution in [3.05, 3.63) is 71.2 Å². The highest BCUT2D eigenvalue weighted by Gasteiger charge is 2.34. The van der Waals surface area contributed by atoms with Crippen LogP contribution in [0.15, 0.2) is 54.2 Å². The van der Waals surface area contributed by atoms with Gasteiger partial charge in [-0.15, -0.1) is 13.2 Å². The van der Waals surface area contributed by atoms with Crippen LogP contribution in [0.25, 0.3) is 11.4 Å². The number of carboxylic acid groups (broad SMARTS) is 1. The van der Waals surface area contributed by atoms with Crippen molar-refractivity contribution in [3.8, 4) is 11.4 Å². The van der Waals surface area contributed by atoms with Gasteiger partial charge in [0, 0.05) is 30.0 Å². The molecule has 1 N–H and O–H groups in total. The van der Waals surface area contributed by atoms with Crippen molar-refractivity contribution in [1.82, 2.24) is 9.78 Å². The van der Waals surface area contributed by atoms with Crippen LogP contribution in [0.5, 0.6) is 5.75 Å². The number of nitrogens with zero attached hydrogens (tertiary/aromatic N) is 4. The Morgan fingerprint density at radius 3 is 2.10 bits per heavy atom. The van der Waals surface area contributed by atoms with E-state index in [2.05, 4.69) is 9.84 Å². The number of aromatic nitrogens is 2.